The summed E-state index contributed by atoms with van der Waals surface area (Å²) in [5.41, 5.74) is 5.27. The van der Waals surface area contributed by atoms with E-state index in [2.05, 4.69) is 6.92 Å². The topological polar surface area (TPSA) is 55.5 Å². The first-order valence-electron chi connectivity index (χ1n) is 5.60. The summed E-state index contributed by atoms with van der Waals surface area (Å²) < 4.78 is 5.43. The lowest BCUT2D eigenvalue weighted by Crippen LogP contribution is -2.41. The van der Waals surface area contributed by atoms with Crippen LogP contribution < -0.4 is 5.73 Å². The number of rotatable bonds is 9. The van der Waals surface area contributed by atoms with E-state index in [4.69, 9.17) is 15.6 Å². The zero-order valence-corrected chi connectivity index (χ0v) is 9.59. The third-order valence-corrected chi connectivity index (χ3v) is 2.32. The molecule has 14 heavy (non-hydrogen) atoms. The van der Waals surface area contributed by atoms with Crippen molar-refractivity contribution in [3.63, 3.8) is 0 Å². The first-order valence-corrected chi connectivity index (χ1v) is 5.60. The van der Waals surface area contributed by atoms with E-state index >= 15 is 0 Å². The Hall–Kier alpha value is -0.120. The summed E-state index contributed by atoms with van der Waals surface area (Å²) in [6.45, 7) is 5.53. The van der Waals surface area contributed by atoms with Gasteiger partial charge in [0.05, 0.1) is 6.61 Å². The molecule has 0 aromatic carbocycles. The van der Waals surface area contributed by atoms with E-state index in [0.717, 1.165) is 19.4 Å². The standard InChI is InChI=1S/C11H25NO2/c1-3-4-5-6-8-14-9-7-11(2,12)10-13/h13H,3-10,12H2,1-2H3. The Bertz CT molecular complexity index is 126. The lowest BCUT2D eigenvalue weighted by atomic mass is 10.0. The largest absolute Gasteiger partial charge is 0.394 e. The molecule has 0 rings (SSSR count). The number of hydrogen-bond donors (Lipinski definition) is 2. The Labute approximate surface area is 87.6 Å². The van der Waals surface area contributed by atoms with Crippen molar-refractivity contribution < 1.29 is 9.84 Å². The van der Waals surface area contributed by atoms with E-state index in [0.29, 0.717) is 6.61 Å². The molecule has 0 amide bonds. The number of aliphatic hydroxyl groups excluding tert-OH is 1. The molecule has 0 aromatic rings. The van der Waals surface area contributed by atoms with Gasteiger partial charge >= 0.3 is 0 Å². The van der Waals surface area contributed by atoms with Crippen LogP contribution in [0.2, 0.25) is 0 Å². The Morgan fingerprint density at radius 2 is 1.93 bits per heavy atom. The van der Waals surface area contributed by atoms with E-state index in [9.17, 15) is 0 Å². The Balaban J connectivity index is 3.13. The van der Waals surface area contributed by atoms with Gasteiger partial charge in [-0.25, -0.2) is 0 Å². The highest BCUT2D eigenvalue weighted by atomic mass is 16.5. The van der Waals surface area contributed by atoms with Crippen LogP contribution in [0.15, 0.2) is 0 Å². The van der Waals surface area contributed by atoms with Crippen LogP contribution >= 0.6 is 0 Å². The van der Waals surface area contributed by atoms with E-state index in [-0.39, 0.29) is 6.61 Å². The van der Waals surface area contributed by atoms with Gasteiger partial charge in [-0.05, 0) is 19.8 Å². The number of ether oxygens (including phenoxy) is 1. The molecule has 0 fully saturated rings. The normalized spacial score (nSPS) is 15.4. The van der Waals surface area contributed by atoms with Crippen LogP contribution in [-0.4, -0.2) is 30.5 Å². The first-order chi connectivity index (χ1) is 6.62. The maximum absolute atomic E-state index is 8.89. The van der Waals surface area contributed by atoms with Crippen LogP contribution in [0, 0.1) is 0 Å². The molecule has 0 bridgehead atoms. The number of nitrogens with two attached hydrogens (primary N) is 1. The fraction of sp³-hybridized carbons (Fsp3) is 1.00. The molecule has 0 spiro atoms. The van der Waals surface area contributed by atoms with Crippen molar-refractivity contribution in [2.75, 3.05) is 19.8 Å². The second kappa shape index (κ2) is 8.21. The fourth-order valence-electron chi connectivity index (χ4n) is 1.12. The van der Waals surface area contributed by atoms with Gasteiger partial charge < -0.3 is 15.6 Å². The van der Waals surface area contributed by atoms with Gasteiger partial charge in [0.2, 0.25) is 0 Å². The highest BCUT2D eigenvalue weighted by Crippen LogP contribution is 2.05. The summed E-state index contributed by atoms with van der Waals surface area (Å²) in [5.74, 6) is 0. The molecule has 3 heteroatoms. The van der Waals surface area contributed by atoms with Gasteiger partial charge in [-0.15, -0.1) is 0 Å². The second-order valence-electron chi connectivity index (χ2n) is 4.24. The van der Waals surface area contributed by atoms with Crippen molar-refractivity contribution in [2.45, 2.75) is 51.5 Å². The van der Waals surface area contributed by atoms with Gasteiger partial charge in [-0.1, -0.05) is 26.2 Å². The Morgan fingerprint density at radius 3 is 2.50 bits per heavy atom. The summed E-state index contributed by atoms with van der Waals surface area (Å²) in [7, 11) is 0. The monoisotopic (exact) mass is 203 g/mol. The van der Waals surface area contributed by atoms with Crippen LogP contribution in [0.5, 0.6) is 0 Å². The molecule has 3 N–H and O–H groups in total. The molecule has 1 unspecified atom stereocenters. The summed E-state index contributed by atoms with van der Waals surface area (Å²) in [6.07, 6.45) is 5.64. The summed E-state index contributed by atoms with van der Waals surface area (Å²) >= 11 is 0. The second-order valence-corrected chi connectivity index (χ2v) is 4.24. The SMILES string of the molecule is CCCCCCOCCC(C)(N)CO. The van der Waals surface area contributed by atoms with Crippen LogP contribution in [0.4, 0.5) is 0 Å². The van der Waals surface area contributed by atoms with E-state index < -0.39 is 5.54 Å². The molecule has 0 saturated carbocycles. The van der Waals surface area contributed by atoms with Crippen molar-refractivity contribution in [1.29, 1.82) is 0 Å². The minimum absolute atomic E-state index is 0.0200. The number of aliphatic hydroxyl groups is 1. The minimum Gasteiger partial charge on any atom is -0.394 e. The van der Waals surface area contributed by atoms with Gasteiger partial charge in [0.15, 0.2) is 0 Å². The molecule has 86 valence electrons. The average molecular weight is 203 g/mol. The van der Waals surface area contributed by atoms with Crippen molar-refractivity contribution >= 4 is 0 Å². The maximum Gasteiger partial charge on any atom is 0.0609 e. The lowest BCUT2D eigenvalue weighted by Gasteiger charge is -2.21. The minimum atomic E-state index is -0.483. The van der Waals surface area contributed by atoms with Gasteiger partial charge in [0.1, 0.15) is 0 Å². The smallest absolute Gasteiger partial charge is 0.0609 e. The molecule has 3 nitrogen and oxygen atoms in total. The quantitative estimate of drug-likeness (QED) is 0.561. The molecule has 1 atom stereocenters. The van der Waals surface area contributed by atoms with E-state index in [1.165, 1.54) is 19.3 Å². The van der Waals surface area contributed by atoms with Crippen LogP contribution in [-0.2, 0) is 4.74 Å². The molecule has 0 aliphatic carbocycles. The highest BCUT2D eigenvalue weighted by Gasteiger charge is 2.15. The third-order valence-electron chi connectivity index (χ3n) is 2.32. The van der Waals surface area contributed by atoms with Crippen molar-refractivity contribution in [3.8, 4) is 0 Å². The van der Waals surface area contributed by atoms with Crippen molar-refractivity contribution in [2.24, 2.45) is 5.73 Å². The molecule has 0 aliphatic rings. The van der Waals surface area contributed by atoms with Crippen LogP contribution in [0.25, 0.3) is 0 Å². The number of unbranched alkanes of at least 4 members (excludes halogenated alkanes) is 3. The molecular weight excluding hydrogens is 178 g/mol. The van der Waals surface area contributed by atoms with Gasteiger partial charge in [-0.3, -0.25) is 0 Å². The lowest BCUT2D eigenvalue weighted by molar-refractivity contribution is 0.0974. The summed E-state index contributed by atoms with van der Waals surface area (Å²) in [6, 6.07) is 0. The zero-order chi connectivity index (χ0) is 10.9. The van der Waals surface area contributed by atoms with Gasteiger partial charge in [-0.2, -0.15) is 0 Å². The number of hydrogen-bond acceptors (Lipinski definition) is 3. The predicted molar refractivity (Wildman–Crippen MR) is 59.3 cm³/mol. The molecular formula is C11H25NO2. The molecule has 0 radical (unpaired) electrons. The van der Waals surface area contributed by atoms with E-state index in [1.807, 2.05) is 6.92 Å². The fourth-order valence-corrected chi connectivity index (χ4v) is 1.12. The third kappa shape index (κ3) is 8.48. The van der Waals surface area contributed by atoms with Gasteiger partial charge in [0, 0.05) is 18.8 Å². The summed E-state index contributed by atoms with van der Waals surface area (Å²) in [4.78, 5) is 0. The Kier molecular flexibility index (Phi) is 8.14. The van der Waals surface area contributed by atoms with Crippen LogP contribution in [0.1, 0.15) is 46.0 Å². The molecule has 0 aliphatic heterocycles. The zero-order valence-electron chi connectivity index (χ0n) is 9.59. The Morgan fingerprint density at radius 1 is 1.21 bits per heavy atom. The van der Waals surface area contributed by atoms with Crippen molar-refractivity contribution in [1.82, 2.24) is 0 Å². The average Bonchev–Trinajstić information content (AvgIpc) is 2.16. The predicted octanol–water partition coefficient (Wildman–Crippen LogP) is 1.68. The summed E-state index contributed by atoms with van der Waals surface area (Å²) in [5, 5.41) is 8.89. The molecule has 0 aromatic heterocycles. The highest BCUT2D eigenvalue weighted by molar-refractivity contribution is 4.76. The maximum atomic E-state index is 8.89. The molecule has 0 saturated heterocycles. The van der Waals surface area contributed by atoms with Crippen LogP contribution in [0.3, 0.4) is 0 Å². The van der Waals surface area contributed by atoms with Gasteiger partial charge in [0.25, 0.3) is 0 Å². The van der Waals surface area contributed by atoms with Crippen molar-refractivity contribution in [3.05, 3.63) is 0 Å². The molecule has 0 heterocycles. The van der Waals surface area contributed by atoms with E-state index in [1.54, 1.807) is 0 Å². The first kappa shape index (κ1) is 13.9.